The van der Waals surface area contributed by atoms with Crippen LogP contribution in [-0.2, 0) is 0 Å². The molecule has 0 saturated carbocycles. The molecular weight excluding hydrogens is 376 g/mol. The van der Waals surface area contributed by atoms with Gasteiger partial charge in [-0.1, -0.05) is 11.6 Å². The van der Waals surface area contributed by atoms with Gasteiger partial charge in [-0.2, -0.15) is 0 Å². The fourth-order valence-electron chi connectivity index (χ4n) is 2.43. The zero-order valence-corrected chi connectivity index (χ0v) is 16.0. The van der Waals surface area contributed by atoms with Crippen molar-refractivity contribution in [3.63, 3.8) is 0 Å². The second kappa shape index (κ2) is 8.50. The molecule has 9 heteroatoms. The van der Waals surface area contributed by atoms with Crippen LogP contribution in [0.25, 0.3) is 0 Å². The molecule has 0 bridgehead atoms. The summed E-state index contributed by atoms with van der Waals surface area (Å²) in [4.78, 5) is 24.4. The third kappa shape index (κ3) is 4.17. The van der Waals surface area contributed by atoms with E-state index in [2.05, 4.69) is 5.32 Å². The lowest BCUT2D eigenvalue weighted by atomic mass is 10.1. The first-order valence-corrected chi connectivity index (χ1v) is 8.02. The summed E-state index contributed by atoms with van der Waals surface area (Å²) in [5.74, 6) is -0.0528. The Labute approximate surface area is 161 Å². The third-order valence-corrected chi connectivity index (χ3v) is 4.01. The van der Waals surface area contributed by atoms with Gasteiger partial charge in [0.2, 0.25) is 0 Å². The number of rotatable bonds is 7. The molecule has 0 aromatic heterocycles. The molecule has 2 aromatic rings. The van der Waals surface area contributed by atoms with Gasteiger partial charge in [0, 0.05) is 11.6 Å². The van der Waals surface area contributed by atoms with Gasteiger partial charge in [-0.25, -0.2) is 0 Å². The Bertz CT molecular complexity index is 885. The van der Waals surface area contributed by atoms with Crippen LogP contribution in [-0.4, -0.2) is 40.3 Å². The summed E-state index contributed by atoms with van der Waals surface area (Å²) >= 11 is 6.13. The van der Waals surface area contributed by atoms with Crippen molar-refractivity contribution in [3.05, 3.63) is 40.4 Å². The SMILES string of the molecule is COc1cc(NC(=O)c2cc(Cl)c(OC)c(OC)c2)c(C(N)=O)cc1OC. The minimum absolute atomic E-state index is 0.0626. The minimum atomic E-state index is -0.739. The van der Waals surface area contributed by atoms with Crippen LogP contribution in [0.4, 0.5) is 5.69 Å². The number of benzene rings is 2. The van der Waals surface area contributed by atoms with E-state index in [-0.39, 0.29) is 27.6 Å². The average molecular weight is 395 g/mol. The normalized spacial score (nSPS) is 10.1. The highest BCUT2D eigenvalue weighted by Gasteiger charge is 2.19. The second-order valence-corrected chi connectivity index (χ2v) is 5.67. The quantitative estimate of drug-likeness (QED) is 0.747. The summed E-state index contributed by atoms with van der Waals surface area (Å²) in [5, 5.41) is 2.82. The van der Waals surface area contributed by atoms with E-state index in [9.17, 15) is 9.59 Å². The van der Waals surface area contributed by atoms with Crippen LogP contribution < -0.4 is 30.0 Å². The van der Waals surface area contributed by atoms with Crippen LogP contribution in [0.5, 0.6) is 23.0 Å². The third-order valence-electron chi connectivity index (χ3n) is 3.73. The molecule has 0 aliphatic rings. The van der Waals surface area contributed by atoms with E-state index in [1.807, 2.05) is 0 Å². The van der Waals surface area contributed by atoms with Crippen molar-refractivity contribution < 1.29 is 28.5 Å². The molecule has 0 unspecified atom stereocenters. The summed E-state index contributed by atoms with van der Waals surface area (Å²) in [7, 11) is 5.72. The van der Waals surface area contributed by atoms with Gasteiger partial charge in [0.1, 0.15) is 0 Å². The lowest BCUT2D eigenvalue weighted by Gasteiger charge is -2.15. The van der Waals surface area contributed by atoms with Gasteiger partial charge in [0.25, 0.3) is 11.8 Å². The highest BCUT2D eigenvalue weighted by molar-refractivity contribution is 6.32. The van der Waals surface area contributed by atoms with E-state index in [1.165, 1.54) is 52.7 Å². The van der Waals surface area contributed by atoms with E-state index >= 15 is 0 Å². The number of amides is 2. The number of halogens is 1. The maximum Gasteiger partial charge on any atom is 0.255 e. The number of carbonyl (C=O) groups is 2. The largest absolute Gasteiger partial charge is 0.493 e. The van der Waals surface area contributed by atoms with Crippen LogP contribution >= 0.6 is 11.6 Å². The number of nitrogens with two attached hydrogens (primary N) is 1. The fraction of sp³-hybridized carbons (Fsp3) is 0.222. The molecule has 27 heavy (non-hydrogen) atoms. The van der Waals surface area contributed by atoms with Gasteiger partial charge in [-0.3, -0.25) is 9.59 Å². The summed E-state index contributed by atoms with van der Waals surface area (Å²) in [6, 6.07) is 5.71. The van der Waals surface area contributed by atoms with Gasteiger partial charge >= 0.3 is 0 Å². The first-order chi connectivity index (χ1) is 12.9. The molecule has 2 amide bonds. The number of hydrogen-bond donors (Lipinski definition) is 2. The molecular formula is C18H19ClN2O6. The Morgan fingerprint density at radius 3 is 2.00 bits per heavy atom. The summed E-state index contributed by atoms with van der Waals surface area (Å²) in [5.41, 5.74) is 5.83. The summed E-state index contributed by atoms with van der Waals surface area (Å²) < 4.78 is 20.7. The molecule has 3 N–H and O–H groups in total. The predicted octanol–water partition coefficient (Wildman–Crippen LogP) is 2.73. The molecule has 0 spiro atoms. The van der Waals surface area contributed by atoms with Crippen LogP contribution in [0.2, 0.25) is 5.02 Å². The molecule has 2 rings (SSSR count). The first kappa shape index (κ1) is 20.2. The second-order valence-electron chi connectivity index (χ2n) is 5.26. The standard InChI is InChI=1S/C18H19ClN2O6/c1-24-13-7-10(17(20)22)12(8-14(13)25-2)21-18(23)9-5-11(19)16(27-4)15(6-9)26-3/h5-8H,1-4H3,(H2,20,22)(H,21,23). The minimum Gasteiger partial charge on any atom is -0.493 e. The van der Waals surface area contributed by atoms with Crippen molar-refractivity contribution in [2.75, 3.05) is 33.8 Å². The van der Waals surface area contributed by atoms with Crippen LogP contribution in [0.3, 0.4) is 0 Å². The Balaban J connectivity index is 2.46. The van der Waals surface area contributed by atoms with Gasteiger partial charge in [-0.15, -0.1) is 0 Å². The van der Waals surface area contributed by atoms with Crippen molar-refractivity contribution in [1.29, 1.82) is 0 Å². The predicted molar refractivity (Wildman–Crippen MR) is 101 cm³/mol. The smallest absolute Gasteiger partial charge is 0.255 e. The Kier molecular flexibility index (Phi) is 6.36. The monoisotopic (exact) mass is 394 g/mol. The van der Waals surface area contributed by atoms with Crippen LogP contribution in [0.15, 0.2) is 24.3 Å². The zero-order chi connectivity index (χ0) is 20.1. The lowest BCUT2D eigenvalue weighted by Crippen LogP contribution is -2.19. The first-order valence-electron chi connectivity index (χ1n) is 7.64. The molecule has 0 fully saturated rings. The number of primary amides is 1. The van der Waals surface area contributed by atoms with Gasteiger partial charge in [0.05, 0.1) is 44.7 Å². The molecule has 0 atom stereocenters. The zero-order valence-electron chi connectivity index (χ0n) is 15.2. The summed E-state index contributed by atoms with van der Waals surface area (Å²) in [6.45, 7) is 0. The molecule has 144 valence electrons. The number of carbonyl (C=O) groups excluding carboxylic acids is 2. The van der Waals surface area contributed by atoms with Crippen LogP contribution in [0.1, 0.15) is 20.7 Å². The fourth-order valence-corrected chi connectivity index (χ4v) is 2.72. The van der Waals surface area contributed by atoms with E-state index in [4.69, 9.17) is 36.3 Å². The average Bonchev–Trinajstić information content (AvgIpc) is 2.66. The van der Waals surface area contributed by atoms with Gasteiger partial charge in [-0.05, 0) is 18.2 Å². The number of hydrogen-bond acceptors (Lipinski definition) is 6. The van der Waals surface area contributed by atoms with Crippen LogP contribution in [0, 0.1) is 0 Å². The van der Waals surface area contributed by atoms with Crippen molar-refractivity contribution in [2.24, 2.45) is 5.73 Å². The Morgan fingerprint density at radius 2 is 1.48 bits per heavy atom. The van der Waals surface area contributed by atoms with Crippen molar-refractivity contribution in [2.45, 2.75) is 0 Å². The van der Waals surface area contributed by atoms with Crippen molar-refractivity contribution in [1.82, 2.24) is 0 Å². The number of nitrogens with one attached hydrogen (secondary N) is 1. The number of ether oxygens (including phenoxy) is 4. The van der Waals surface area contributed by atoms with E-state index in [1.54, 1.807) is 0 Å². The molecule has 0 radical (unpaired) electrons. The van der Waals surface area contributed by atoms with E-state index in [0.717, 1.165) is 0 Å². The number of methoxy groups -OCH3 is 4. The maximum absolute atomic E-state index is 12.7. The topological polar surface area (TPSA) is 109 Å². The highest BCUT2D eigenvalue weighted by Crippen LogP contribution is 2.37. The molecule has 0 saturated heterocycles. The van der Waals surface area contributed by atoms with E-state index in [0.29, 0.717) is 17.2 Å². The molecule has 0 aliphatic heterocycles. The molecule has 0 aliphatic carbocycles. The highest BCUT2D eigenvalue weighted by atomic mass is 35.5. The van der Waals surface area contributed by atoms with E-state index < -0.39 is 11.8 Å². The van der Waals surface area contributed by atoms with Crippen molar-refractivity contribution >= 4 is 29.1 Å². The Hall–Kier alpha value is -3.13. The summed E-state index contributed by atoms with van der Waals surface area (Å²) in [6.07, 6.45) is 0. The lowest BCUT2D eigenvalue weighted by molar-refractivity contribution is 0.100. The van der Waals surface area contributed by atoms with Gasteiger partial charge < -0.3 is 30.0 Å². The molecule has 0 heterocycles. The van der Waals surface area contributed by atoms with Gasteiger partial charge in [0.15, 0.2) is 23.0 Å². The molecule has 2 aromatic carbocycles. The Morgan fingerprint density at radius 1 is 0.889 bits per heavy atom. The molecule has 8 nitrogen and oxygen atoms in total. The number of anilines is 1. The maximum atomic E-state index is 12.7. The van der Waals surface area contributed by atoms with Crippen molar-refractivity contribution in [3.8, 4) is 23.0 Å².